The zero-order valence-corrected chi connectivity index (χ0v) is 10.5. The van der Waals surface area contributed by atoms with Crippen LogP contribution in [0.5, 0.6) is 0 Å². The van der Waals surface area contributed by atoms with E-state index in [1.54, 1.807) is 0 Å². The second-order valence-corrected chi connectivity index (χ2v) is 4.34. The van der Waals surface area contributed by atoms with Crippen molar-refractivity contribution in [3.63, 3.8) is 0 Å². The maximum absolute atomic E-state index is 8.98. The Morgan fingerprint density at radius 2 is 2.00 bits per heavy atom. The molecule has 4 heteroatoms. The summed E-state index contributed by atoms with van der Waals surface area (Å²) in [7, 11) is 0. The van der Waals surface area contributed by atoms with Crippen LogP contribution in [-0.2, 0) is 6.42 Å². The van der Waals surface area contributed by atoms with Crippen molar-refractivity contribution in [1.29, 1.82) is 0 Å². The van der Waals surface area contributed by atoms with E-state index >= 15 is 0 Å². The fourth-order valence-electron chi connectivity index (χ4n) is 1.33. The lowest BCUT2D eigenvalue weighted by atomic mass is 10.1. The number of nitrogens with one attached hydrogen (secondary N) is 1. The maximum Gasteiger partial charge on any atom is 0.223 e. The molecular weight excluding hydrogens is 202 g/mol. The van der Waals surface area contributed by atoms with Gasteiger partial charge in [-0.1, -0.05) is 20.8 Å². The first-order valence-electron chi connectivity index (χ1n) is 5.82. The van der Waals surface area contributed by atoms with E-state index in [4.69, 9.17) is 5.11 Å². The highest BCUT2D eigenvalue weighted by Crippen LogP contribution is 2.15. The SMILES string of the molecule is CCc1cc(C(C)C)nc(NC(C)CO)n1. The first-order valence-corrected chi connectivity index (χ1v) is 5.82. The Bertz CT molecular complexity index is 339. The molecule has 0 aromatic carbocycles. The highest BCUT2D eigenvalue weighted by Gasteiger charge is 2.08. The largest absolute Gasteiger partial charge is 0.394 e. The van der Waals surface area contributed by atoms with Gasteiger partial charge in [0.2, 0.25) is 5.95 Å². The van der Waals surface area contributed by atoms with E-state index < -0.39 is 0 Å². The molecule has 0 spiro atoms. The molecule has 0 saturated heterocycles. The van der Waals surface area contributed by atoms with Crippen molar-refractivity contribution >= 4 is 5.95 Å². The van der Waals surface area contributed by atoms with Crippen molar-refractivity contribution in [1.82, 2.24) is 9.97 Å². The summed E-state index contributed by atoms with van der Waals surface area (Å²) in [5, 5.41) is 12.1. The predicted molar refractivity (Wildman–Crippen MR) is 65.7 cm³/mol. The van der Waals surface area contributed by atoms with Gasteiger partial charge < -0.3 is 10.4 Å². The molecule has 0 aliphatic rings. The second kappa shape index (κ2) is 5.80. The van der Waals surface area contributed by atoms with Crippen molar-refractivity contribution < 1.29 is 5.11 Å². The average Bonchev–Trinajstić information content (AvgIpc) is 2.28. The quantitative estimate of drug-likeness (QED) is 0.801. The van der Waals surface area contributed by atoms with Crippen LogP contribution in [0.1, 0.15) is 45.0 Å². The second-order valence-electron chi connectivity index (χ2n) is 4.34. The molecule has 1 heterocycles. The molecule has 1 rings (SSSR count). The number of aliphatic hydroxyl groups is 1. The van der Waals surface area contributed by atoms with Gasteiger partial charge in [-0.2, -0.15) is 0 Å². The molecule has 16 heavy (non-hydrogen) atoms. The molecule has 0 amide bonds. The third-order valence-electron chi connectivity index (χ3n) is 2.40. The van der Waals surface area contributed by atoms with Crippen LogP contribution in [0.15, 0.2) is 6.07 Å². The summed E-state index contributed by atoms with van der Waals surface area (Å²) < 4.78 is 0. The molecule has 0 radical (unpaired) electrons. The highest BCUT2D eigenvalue weighted by atomic mass is 16.3. The van der Waals surface area contributed by atoms with Crippen LogP contribution in [0, 0.1) is 0 Å². The molecule has 0 aliphatic heterocycles. The topological polar surface area (TPSA) is 58.0 Å². The molecule has 1 unspecified atom stereocenters. The average molecular weight is 223 g/mol. The van der Waals surface area contributed by atoms with E-state index in [-0.39, 0.29) is 12.6 Å². The summed E-state index contributed by atoms with van der Waals surface area (Å²) in [6, 6.07) is 2.02. The van der Waals surface area contributed by atoms with Gasteiger partial charge in [0.05, 0.1) is 6.61 Å². The molecule has 1 aromatic rings. The summed E-state index contributed by atoms with van der Waals surface area (Å²) in [6.45, 7) is 8.28. The lowest BCUT2D eigenvalue weighted by Crippen LogP contribution is -2.21. The fraction of sp³-hybridized carbons (Fsp3) is 0.667. The number of anilines is 1. The minimum Gasteiger partial charge on any atom is -0.394 e. The number of rotatable bonds is 5. The van der Waals surface area contributed by atoms with E-state index in [2.05, 4.69) is 36.1 Å². The molecule has 0 aliphatic carbocycles. The molecule has 2 N–H and O–H groups in total. The molecule has 0 fully saturated rings. The monoisotopic (exact) mass is 223 g/mol. The molecule has 0 bridgehead atoms. The van der Waals surface area contributed by atoms with Crippen molar-refractivity contribution in [2.75, 3.05) is 11.9 Å². The number of nitrogens with zero attached hydrogens (tertiary/aromatic N) is 2. The van der Waals surface area contributed by atoms with Gasteiger partial charge in [0.15, 0.2) is 0 Å². The van der Waals surface area contributed by atoms with E-state index in [0.717, 1.165) is 17.8 Å². The van der Waals surface area contributed by atoms with Gasteiger partial charge in [-0.15, -0.1) is 0 Å². The first-order chi connectivity index (χ1) is 7.56. The lowest BCUT2D eigenvalue weighted by Gasteiger charge is -2.14. The van der Waals surface area contributed by atoms with Gasteiger partial charge in [-0.3, -0.25) is 0 Å². The molecule has 90 valence electrons. The van der Waals surface area contributed by atoms with E-state index in [9.17, 15) is 0 Å². The Hall–Kier alpha value is -1.16. The number of aryl methyl sites for hydroxylation is 1. The standard InChI is InChI=1S/C12H21N3O/c1-5-10-6-11(8(2)3)15-12(14-10)13-9(4)7-16/h6,8-9,16H,5,7H2,1-4H3,(H,13,14,15). The Kier molecular flexibility index (Phi) is 4.68. The highest BCUT2D eigenvalue weighted by molar-refractivity contribution is 5.30. The van der Waals surface area contributed by atoms with Crippen molar-refractivity contribution in [2.45, 2.75) is 46.1 Å². The Labute approximate surface area is 97.1 Å². The van der Waals surface area contributed by atoms with Crippen LogP contribution in [0.3, 0.4) is 0 Å². The Balaban J connectivity index is 2.95. The Morgan fingerprint density at radius 3 is 2.50 bits per heavy atom. The maximum atomic E-state index is 8.98. The smallest absolute Gasteiger partial charge is 0.223 e. The van der Waals surface area contributed by atoms with Gasteiger partial charge in [0.1, 0.15) is 0 Å². The molecule has 0 saturated carbocycles. The van der Waals surface area contributed by atoms with Crippen LogP contribution in [0.2, 0.25) is 0 Å². The van der Waals surface area contributed by atoms with Crippen molar-refractivity contribution in [3.8, 4) is 0 Å². The predicted octanol–water partition coefficient (Wildman–Crippen LogP) is 1.96. The van der Waals surface area contributed by atoms with E-state index in [1.807, 2.05) is 13.0 Å². The normalized spacial score (nSPS) is 12.9. The number of aliphatic hydroxyl groups excluding tert-OH is 1. The summed E-state index contributed by atoms with van der Waals surface area (Å²) in [5.74, 6) is 1.00. The zero-order valence-electron chi connectivity index (χ0n) is 10.5. The summed E-state index contributed by atoms with van der Waals surface area (Å²) in [6.07, 6.45) is 0.893. The minimum absolute atomic E-state index is 0.0212. The molecular formula is C12H21N3O. The third kappa shape index (κ3) is 3.45. The Morgan fingerprint density at radius 1 is 1.31 bits per heavy atom. The first kappa shape index (κ1) is 12.9. The van der Waals surface area contributed by atoms with Crippen LogP contribution in [0.4, 0.5) is 5.95 Å². The van der Waals surface area contributed by atoms with Crippen LogP contribution in [-0.4, -0.2) is 27.7 Å². The van der Waals surface area contributed by atoms with Gasteiger partial charge in [0, 0.05) is 17.4 Å². The summed E-state index contributed by atoms with van der Waals surface area (Å²) in [4.78, 5) is 8.82. The molecule has 4 nitrogen and oxygen atoms in total. The fourth-order valence-corrected chi connectivity index (χ4v) is 1.33. The number of aromatic nitrogens is 2. The summed E-state index contributed by atoms with van der Waals surface area (Å²) in [5.41, 5.74) is 2.07. The molecule has 1 aromatic heterocycles. The molecule has 1 atom stereocenters. The van der Waals surface area contributed by atoms with Gasteiger partial charge in [0.25, 0.3) is 0 Å². The van der Waals surface area contributed by atoms with Crippen molar-refractivity contribution in [2.24, 2.45) is 0 Å². The van der Waals surface area contributed by atoms with E-state index in [0.29, 0.717) is 11.9 Å². The van der Waals surface area contributed by atoms with Crippen LogP contribution in [0.25, 0.3) is 0 Å². The van der Waals surface area contributed by atoms with Crippen LogP contribution >= 0.6 is 0 Å². The zero-order chi connectivity index (χ0) is 12.1. The van der Waals surface area contributed by atoms with E-state index in [1.165, 1.54) is 0 Å². The summed E-state index contributed by atoms with van der Waals surface area (Å²) >= 11 is 0. The lowest BCUT2D eigenvalue weighted by molar-refractivity contribution is 0.281. The number of hydrogen-bond donors (Lipinski definition) is 2. The number of hydrogen-bond acceptors (Lipinski definition) is 4. The van der Waals surface area contributed by atoms with Gasteiger partial charge >= 0.3 is 0 Å². The van der Waals surface area contributed by atoms with Crippen LogP contribution < -0.4 is 5.32 Å². The minimum atomic E-state index is -0.0212. The van der Waals surface area contributed by atoms with Crippen molar-refractivity contribution in [3.05, 3.63) is 17.5 Å². The third-order valence-corrected chi connectivity index (χ3v) is 2.40. The van der Waals surface area contributed by atoms with Gasteiger partial charge in [-0.25, -0.2) is 9.97 Å². The van der Waals surface area contributed by atoms with Gasteiger partial charge in [-0.05, 0) is 25.3 Å².